The molecule has 8 nitrogen and oxygen atoms in total. The Hall–Kier alpha value is -1.62. The molecule has 27 heavy (non-hydrogen) atoms. The summed E-state index contributed by atoms with van der Waals surface area (Å²) in [6.07, 6.45) is 0. The number of nitrogens with zero attached hydrogens (tertiary/aromatic N) is 3. The van der Waals surface area contributed by atoms with E-state index in [1.807, 2.05) is 0 Å². The summed E-state index contributed by atoms with van der Waals surface area (Å²) < 4.78 is 32.8. The molecule has 2 aromatic rings. The molecule has 0 saturated carbocycles. The zero-order valence-electron chi connectivity index (χ0n) is 14.7. The van der Waals surface area contributed by atoms with Gasteiger partial charge in [0.1, 0.15) is 10.6 Å². The van der Waals surface area contributed by atoms with Gasteiger partial charge in [-0.2, -0.15) is 4.31 Å². The summed E-state index contributed by atoms with van der Waals surface area (Å²) in [5, 5.41) is 6.87. The first-order valence-electron chi connectivity index (χ1n) is 8.14. The smallest absolute Gasteiger partial charge is 0.321 e. The number of carbonyl (C=O) groups excluding carboxylic acids is 1. The van der Waals surface area contributed by atoms with Crippen LogP contribution < -0.4 is 5.32 Å². The summed E-state index contributed by atoms with van der Waals surface area (Å²) in [5.41, 5.74) is 0.827. The molecular weight excluding hydrogens is 460 g/mol. The molecule has 0 unspecified atom stereocenters. The Morgan fingerprint density at radius 2 is 1.93 bits per heavy atom. The fraction of sp³-hybridized carbons (Fsp3) is 0.375. The lowest BCUT2D eigenvalue weighted by molar-refractivity contribution is 0.184. The quantitative estimate of drug-likeness (QED) is 0.732. The summed E-state index contributed by atoms with van der Waals surface area (Å²) in [6.45, 7) is 4.07. The van der Waals surface area contributed by atoms with Gasteiger partial charge in [0.2, 0.25) is 10.0 Å². The maximum atomic E-state index is 12.8. The van der Waals surface area contributed by atoms with Gasteiger partial charge < -0.3 is 14.7 Å². The molecule has 2 amide bonds. The number of benzene rings is 1. The van der Waals surface area contributed by atoms with Crippen LogP contribution >= 0.6 is 27.5 Å². The fourth-order valence-electron chi connectivity index (χ4n) is 2.89. The van der Waals surface area contributed by atoms with E-state index < -0.39 is 10.0 Å². The van der Waals surface area contributed by atoms with E-state index in [-0.39, 0.29) is 42.9 Å². The predicted molar refractivity (Wildman–Crippen MR) is 104 cm³/mol. The summed E-state index contributed by atoms with van der Waals surface area (Å²) in [4.78, 5) is 14.1. The predicted octanol–water partition coefficient (Wildman–Crippen LogP) is 3.25. The Morgan fingerprint density at radius 3 is 2.48 bits per heavy atom. The van der Waals surface area contributed by atoms with E-state index in [1.165, 1.54) is 4.31 Å². The first-order chi connectivity index (χ1) is 12.7. The molecule has 1 fully saturated rings. The van der Waals surface area contributed by atoms with Crippen LogP contribution in [0.25, 0.3) is 0 Å². The number of rotatable bonds is 3. The van der Waals surface area contributed by atoms with E-state index in [4.69, 9.17) is 16.1 Å². The Labute approximate surface area is 170 Å². The van der Waals surface area contributed by atoms with Crippen LogP contribution in [-0.2, 0) is 10.0 Å². The SMILES string of the molecule is Cc1noc(C)c1S(=O)(=O)N1CCN(C(=O)Nc2ccc(Br)cc2Cl)CC1. The van der Waals surface area contributed by atoms with Crippen molar-refractivity contribution in [2.45, 2.75) is 18.7 Å². The number of piperazine rings is 1. The van der Waals surface area contributed by atoms with Crippen molar-refractivity contribution in [2.24, 2.45) is 0 Å². The number of carbonyl (C=O) groups is 1. The molecule has 2 heterocycles. The molecule has 0 atom stereocenters. The molecule has 0 aliphatic carbocycles. The molecule has 1 aliphatic heterocycles. The van der Waals surface area contributed by atoms with E-state index in [0.717, 1.165) is 4.47 Å². The van der Waals surface area contributed by atoms with Crippen molar-refractivity contribution in [3.05, 3.63) is 39.1 Å². The van der Waals surface area contributed by atoms with Crippen LogP contribution in [0.2, 0.25) is 5.02 Å². The van der Waals surface area contributed by atoms with Gasteiger partial charge in [0.05, 0.1) is 10.7 Å². The monoisotopic (exact) mass is 476 g/mol. The first kappa shape index (κ1) is 20.1. The van der Waals surface area contributed by atoms with Crippen molar-refractivity contribution in [3.63, 3.8) is 0 Å². The molecular formula is C16H18BrClN4O4S. The third-order valence-electron chi connectivity index (χ3n) is 4.26. The van der Waals surface area contributed by atoms with Crippen LogP contribution in [0.1, 0.15) is 11.5 Å². The summed E-state index contributed by atoms with van der Waals surface area (Å²) in [6, 6.07) is 4.83. The van der Waals surface area contributed by atoms with Crippen LogP contribution in [0.15, 0.2) is 32.1 Å². The number of aromatic nitrogens is 1. The third-order valence-corrected chi connectivity index (χ3v) is 7.21. The number of halogens is 2. The fourth-order valence-corrected chi connectivity index (χ4v) is 5.32. The lowest BCUT2D eigenvalue weighted by Crippen LogP contribution is -2.51. The van der Waals surface area contributed by atoms with Crippen molar-refractivity contribution < 1.29 is 17.7 Å². The Balaban J connectivity index is 1.65. The topological polar surface area (TPSA) is 95.8 Å². The maximum absolute atomic E-state index is 12.8. The highest BCUT2D eigenvalue weighted by Gasteiger charge is 2.34. The van der Waals surface area contributed by atoms with Gasteiger partial charge in [-0.05, 0) is 32.0 Å². The van der Waals surface area contributed by atoms with Gasteiger partial charge in [0, 0.05) is 30.7 Å². The second-order valence-electron chi connectivity index (χ2n) is 6.10. The van der Waals surface area contributed by atoms with Crippen LogP contribution in [0, 0.1) is 13.8 Å². The minimum atomic E-state index is -3.71. The molecule has 0 bridgehead atoms. The van der Waals surface area contributed by atoms with Gasteiger partial charge in [-0.3, -0.25) is 0 Å². The maximum Gasteiger partial charge on any atom is 0.321 e. The van der Waals surface area contributed by atoms with Crippen molar-refractivity contribution in [1.82, 2.24) is 14.4 Å². The minimum absolute atomic E-state index is 0.0991. The lowest BCUT2D eigenvalue weighted by atomic mass is 10.3. The van der Waals surface area contributed by atoms with Crippen molar-refractivity contribution in [2.75, 3.05) is 31.5 Å². The van der Waals surface area contributed by atoms with E-state index in [9.17, 15) is 13.2 Å². The average Bonchev–Trinajstić information content (AvgIpc) is 2.96. The summed E-state index contributed by atoms with van der Waals surface area (Å²) >= 11 is 9.43. The normalized spacial score (nSPS) is 15.8. The second-order valence-corrected chi connectivity index (χ2v) is 9.30. The van der Waals surface area contributed by atoms with E-state index >= 15 is 0 Å². The highest BCUT2D eigenvalue weighted by atomic mass is 79.9. The molecule has 11 heteroatoms. The van der Waals surface area contributed by atoms with Crippen molar-refractivity contribution in [1.29, 1.82) is 0 Å². The largest absolute Gasteiger partial charge is 0.360 e. The standard InChI is InChI=1S/C16H18BrClN4O4S/c1-10-15(11(2)26-20-10)27(24,25)22-7-5-21(6-8-22)16(23)19-14-4-3-12(17)9-13(14)18/h3-4,9H,5-8H2,1-2H3,(H,19,23). The molecule has 1 aromatic heterocycles. The van der Waals surface area contributed by atoms with Gasteiger partial charge in [-0.25, -0.2) is 13.2 Å². The zero-order valence-corrected chi connectivity index (χ0v) is 17.9. The number of sulfonamides is 1. The molecule has 3 rings (SSSR count). The Morgan fingerprint density at radius 1 is 1.26 bits per heavy atom. The lowest BCUT2D eigenvalue weighted by Gasteiger charge is -2.33. The first-order valence-corrected chi connectivity index (χ1v) is 10.8. The van der Waals surface area contributed by atoms with Crippen LogP contribution in [0.5, 0.6) is 0 Å². The van der Waals surface area contributed by atoms with Gasteiger partial charge in [0.25, 0.3) is 0 Å². The highest BCUT2D eigenvalue weighted by Crippen LogP contribution is 2.27. The molecule has 0 spiro atoms. The van der Waals surface area contributed by atoms with Gasteiger partial charge in [0.15, 0.2) is 5.76 Å². The number of urea groups is 1. The summed E-state index contributed by atoms with van der Waals surface area (Å²) in [5.74, 6) is 0.262. The second kappa shape index (κ2) is 7.78. The van der Waals surface area contributed by atoms with E-state index in [2.05, 4.69) is 26.4 Å². The highest BCUT2D eigenvalue weighted by molar-refractivity contribution is 9.10. The molecule has 146 valence electrons. The minimum Gasteiger partial charge on any atom is -0.360 e. The Kier molecular flexibility index (Phi) is 5.80. The average molecular weight is 478 g/mol. The van der Waals surface area contributed by atoms with E-state index in [0.29, 0.717) is 16.4 Å². The van der Waals surface area contributed by atoms with E-state index in [1.54, 1.807) is 36.9 Å². The number of nitrogens with one attached hydrogen (secondary N) is 1. The van der Waals surface area contributed by atoms with Crippen LogP contribution in [-0.4, -0.2) is 55.0 Å². The number of hydrogen-bond donors (Lipinski definition) is 1. The van der Waals surface area contributed by atoms with Gasteiger partial charge in [-0.1, -0.05) is 32.7 Å². The zero-order chi connectivity index (χ0) is 19.8. The molecule has 1 N–H and O–H groups in total. The number of hydrogen-bond acceptors (Lipinski definition) is 5. The van der Waals surface area contributed by atoms with Gasteiger partial charge >= 0.3 is 6.03 Å². The van der Waals surface area contributed by atoms with Gasteiger partial charge in [-0.15, -0.1) is 0 Å². The van der Waals surface area contributed by atoms with Crippen LogP contribution in [0.4, 0.5) is 10.5 Å². The van der Waals surface area contributed by atoms with Crippen molar-refractivity contribution in [3.8, 4) is 0 Å². The number of anilines is 1. The third kappa shape index (κ3) is 4.13. The van der Waals surface area contributed by atoms with Crippen LogP contribution in [0.3, 0.4) is 0 Å². The summed E-state index contributed by atoms with van der Waals surface area (Å²) in [7, 11) is -3.71. The molecule has 0 radical (unpaired) electrons. The van der Waals surface area contributed by atoms with Crippen molar-refractivity contribution >= 4 is 49.3 Å². The molecule has 1 aromatic carbocycles. The number of amides is 2. The number of aryl methyl sites for hydroxylation is 2. The molecule has 1 saturated heterocycles. The Bertz CT molecular complexity index is 951. The molecule has 1 aliphatic rings.